The molecule has 1 saturated carbocycles. The fourth-order valence-corrected chi connectivity index (χ4v) is 6.97. The van der Waals surface area contributed by atoms with Crippen molar-refractivity contribution in [3.63, 3.8) is 0 Å². The fourth-order valence-electron chi connectivity index (χ4n) is 6.97. The van der Waals surface area contributed by atoms with Crippen LogP contribution in [0.2, 0.25) is 0 Å². The molecule has 0 amide bonds. The zero-order chi connectivity index (χ0) is 24.3. The van der Waals surface area contributed by atoms with Gasteiger partial charge in [0.15, 0.2) is 0 Å². The minimum atomic E-state index is -0.479. The molecule has 2 aromatic rings. The van der Waals surface area contributed by atoms with E-state index < -0.39 is 5.54 Å². The Balaban J connectivity index is 1.22. The maximum absolute atomic E-state index is 9.01. The van der Waals surface area contributed by atoms with Crippen LogP contribution in [0.15, 0.2) is 54.6 Å². The van der Waals surface area contributed by atoms with Crippen molar-refractivity contribution in [1.82, 2.24) is 4.90 Å². The molecule has 3 atom stereocenters. The number of hydrogen-bond donors (Lipinski definition) is 0. The molecule has 35 heavy (non-hydrogen) atoms. The van der Waals surface area contributed by atoms with Gasteiger partial charge in [-0.1, -0.05) is 36.8 Å². The second-order valence-corrected chi connectivity index (χ2v) is 10.6. The third kappa shape index (κ3) is 4.56. The standard InChI is InChI=1S/C30H36N4O/c1-32-30(25-7-4-3-5-8-25,28-9-6-10-29(28)35-2)26-15-17-33(18-16-26)20-24-21-34(22-24)27-13-11-23(19-31)12-14-27/h3-5,7-8,11-14,24,26,28-29H,6,9-10,15-18,20-22H2,2H3/t28-,29-,30+/m0/s1. The van der Waals surface area contributed by atoms with E-state index in [2.05, 4.69) is 63.2 Å². The molecule has 1 aliphatic carbocycles. The molecule has 3 fully saturated rings. The lowest BCUT2D eigenvalue weighted by Gasteiger charge is -2.46. The van der Waals surface area contributed by atoms with Crippen molar-refractivity contribution in [1.29, 1.82) is 5.26 Å². The second-order valence-electron chi connectivity index (χ2n) is 10.6. The second kappa shape index (κ2) is 10.4. The largest absolute Gasteiger partial charge is 0.381 e. The van der Waals surface area contributed by atoms with E-state index in [1.807, 2.05) is 19.2 Å². The van der Waals surface area contributed by atoms with Gasteiger partial charge in [0.25, 0.3) is 5.54 Å². The van der Waals surface area contributed by atoms with Crippen LogP contribution in [0.4, 0.5) is 5.69 Å². The van der Waals surface area contributed by atoms with Crippen LogP contribution in [0, 0.1) is 35.7 Å². The average Bonchev–Trinajstić information content (AvgIpc) is 3.38. The summed E-state index contributed by atoms with van der Waals surface area (Å²) in [6, 6.07) is 20.7. The highest BCUT2D eigenvalue weighted by molar-refractivity contribution is 5.51. The molecule has 2 aliphatic heterocycles. The highest BCUT2D eigenvalue weighted by atomic mass is 16.5. The van der Waals surface area contributed by atoms with Crippen LogP contribution >= 0.6 is 0 Å². The van der Waals surface area contributed by atoms with Gasteiger partial charge in [-0.2, -0.15) is 5.26 Å². The monoisotopic (exact) mass is 468 g/mol. The predicted molar refractivity (Wildman–Crippen MR) is 139 cm³/mol. The first-order chi connectivity index (χ1) is 17.2. The van der Waals surface area contributed by atoms with Crippen LogP contribution in [0.1, 0.15) is 43.2 Å². The Morgan fingerprint density at radius 1 is 1.03 bits per heavy atom. The average molecular weight is 469 g/mol. The predicted octanol–water partition coefficient (Wildman–Crippen LogP) is 5.34. The maximum atomic E-state index is 9.01. The van der Waals surface area contributed by atoms with Crippen LogP contribution in [0.25, 0.3) is 4.85 Å². The first-order valence-electron chi connectivity index (χ1n) is 13.1. The molecule has 0 spiro atoms. The lowest BCUT2D eigenvalue weighted by atomic mass is 9.65. The van der Waals surface area contributed by atoms with Gasteiger partial charge in [0.05, 0.1) is 23.7 Å². The van der Waals surface area contributed by atoms with Crippen molar-refractivity contribution in [3.05, 3.63) is 77.1 Å². The van der Waals surface area contributed by atoms with E-state index in [1.54, 1.807) is 0 Å². The summed E-state index contributed by atoms with van der Waals surface area (Å²) in [5, 5.41) is 9.01. The molecule has 2 heterocycles. The van der Waals surface area contributed by atoms with Crippen LogP contribution in [-0.4, -0.2) is 50.8 Å². The zero-order valence-electron chi connectivity index (χ0n) is 20.8. The minimum Gasteiger partial charge on any atom is -0.381 e. The Bertz CT molecular complexity index is 1060. The lowest BCUT2D eigenvalue weighted by molar-refractivity contribution is 0.0157. The summed E-state index contributed by atoms with van der Waals surface area (Å²) in [4.78, 5) is 9.52. The molecule has 0 aromatic heterocycles. The van der Waals surface area contributed by atoms with Crippen molar-refractivity contribution in [2.45, 2.75) is 43.7 Å². The summed E-state index contributed by atoms with van der Waals surface area (Å²) in [6.45, 7) is 13.9. The first-order valence-corrected chi connectivity index (χ1v) is 13.1. The van der Waals surface area contributed by atoms with Crippen molar-refractivity contribution in [2.24, 2.45) is 17.8 Å². The summed E-state index contributed by atoms with van der Waals surface area (Å²) in [5.41, 5.74) is 2.65. The third-order valence-electron chi connectivity index (χ3n) is 8.79. The number of benzene rings is 2. The van der Waals surface area contributed by atoms with E-state index >= 15 is 0 Å². The van der Waals surface area contributed by atoms with Gasteiger partial charge in [-0.25, -0.2) is 6.57 Å². The number of nitriles is 1. The maximum Gasteiger partial charge on any atom is 0.265 e. The van der Waals surface area contributed by atoms with Crippen LogP contribution in [0.3, 0.4) is 0 Å². The van der Waals surface area contributed by atoms with Gasteiger partial charge in [-0.3, -0.25) is 0 Å². The van der Waals surface area contributed by atoms with E-state index in [-0.39, 0.29) is 12.0 Å². The zero-order valence-corrected chi connectivity index (χ0v) is 20.8. The Labute approximate surface area is 210 Å². The highest BCUT2D eigenvalue weighted by Crippen LogP contribution is 2.52. The molecule has 0 radical (unpaired) electrons. The fraction of sp³-hybridized carbons (Fsp3) is 0.533. The molecule has 5 nitrogen and oxygen atoms in total. The molecule has 0 bridgehead atoms. The summed E-state index contributed by atoms with van der Waals surface area (Å²) < 4.78 is 5.92. The molecule has 5 rings (SSSR count). The number of ether oxygens (including phenoxy) is 1. The van der Waals surface area contributed by atoms with E-state index in [9.17, 15) is 0 Å². The van der Waals surface area contributed by atoms with Crippen LogP contribution in [-0.2, 0) is 10.3 Å². The summed E-state index contributed by atoms with van der Waals surface area (Å²) >= 11 is 0. The van der Waals surface area contributed by atoms with Gasteiger partial charge in [-0.05, 0) is 63.0 Å². The van der Waals surface area contributed by atoms with Crippen molar-refractivity contribution in [2.75, 3.05) is 44.7 Å². The van der Waals surface area contributed by atoms with Crippen molar-refractivity contribution < 1.29 is 4.74 Å². The molecule has 2 saturated heterocycles. The summed E-state index contributed by atoms with van der Waals surface area (Å²) in [6.07, 6.45) is 5.66. The molecule has 182 valence electrons. The molecule has 5 heteroatoms. The Kier molecular flexibility index (Phi) is 7.09. The van der Waals surface area contributed by atoms with E-state index in [4.69, 9.17) is 16.6 Å². The molecule has 0 N–H and O–H groups in total. The minimum absolute atomic E-state index is 0.186. The Morgan fingerprint density at radius 3 is 2.37 bits per heavy atom. The van der Waals surface area contributed by atoms with Gasteiger partial charge >= 0.3 is 0 Å². The summed E-state index contributed by atoms with van der Waals surface area (Å²) in [5.74, 6) is 1.34. The molecular formula is C30H36N4O. The molecule has 2 aromatic carbocycles. The Morgan fingerprint density at radius 2 is 1.74 bits per heavy atom. The number of nitrogens with zero attached hydrogens (tertiary/aromatic N) is 4. The van der Waals surface area contributed by atoms with Gasteiger partial charge in [0.1, 0.15) is 0 Å². The van der Waals surface area contributed by atoms with Gasteiger partial charge < -0.3 is 19.4 Å². The van der Waals surface area contributed by atoms with Crippen LogP contribution in [0.5, 0.6) is 0 Å². The van der Waals surface area contributed by atoms with E-state index in [0.29, 0.717) is 17.4 Å². The van der Waals surface area contributed by atoms with E-state index in [1.165, 1.54) is 11.3 Å². The SMILES string of the molecule is [C-]#[N+][C@](c1ccccc1)(C1CCN(CC2CN(c3ccc(C#N)cc3)C2)CC1)[C@H]1CCC[C@@H]1OC. The first kappa shape index (κ1) is 23.9. The summed E-state index contributed by atoms with van der Waals surface area (Å²) in [7, 11) is 1.82. The molecule has 0 unspecified atom stereocenters. The Hall–Kier alpha value is -2.86. The number of rotatable bonds is 7. The smallest absolute Gasteiger partial charge is 0.265 e. The molecular weight excluding hydrogens is 432 g/mol. The topological polar surface area (TPSA) is 43.9 Å². The quantitative estimate of drug-likeness (QED) is 0.515. The number of methoxy groups -OCH3 is 1. The van der Waals surface area contributed by atoms with Crippen LogP contribution < -0.4 is 4.90 Å². The third-order valence-corrected chi connectivity index (χ3v) is 8.79. The number of hydrogen-bond acceptors (Lipinski definition) is 4. The van der Waals surface area contributed by atoms with Crippen molar-refractivity contribution in [3.8, 4) is 6.07 Å². The van der Waals surface area contributed by atoms with Gasteiger partial charge in [0, 0.05) is 49.8 Å². The van der Waals surface area contributed by atoms with Gasteiger partial charge in [-0.15, -0.1) is 0 Å². The highest BCUT2D eigenvalue weighted by Gasteiger charge is 2.57. The number of anilines is 1. The lowest BCUT2D eigenvalue weighted by Crippen LogP contribution is -2.54. The van der Waals surface area contributed by atoms with Crippen molar-refractivity contribution >= 4 is 5.69 Å². The normalized spacial score (nSPS) is 25.4. The number of piperidine rings is 1. The van der Waals surface area contributed by atoms with Gasteiger partial charge in [0.2, 0.25) is 0 Å². The van der Waals surface area contributed by atoms with E-state index in [0.717, 1.165) is 64.8 Å². The molecule has 3 aliphatic rings. The number of likely N-dealkylation sites (tertiary alicyclic amines) is 1.